The van der Waals surface area contributed by atoms with Crippen LogP contribution >= 0.6 is 47.1 Å². The van der Waals surface area contributed by atoms with Crippen molar-refractivity contribution in [1.82, 2.24) is 76.8 Å². The minimum absolute atomic E-state index is 0.00965. The lowest BCUT2D eigenvalue weighted by Gasteiger charge is -2.36. The van der Waals surface area contributed by atoms with E-state index in [9.17, 15) is 86.7 Å². The summed E-state index contributed by atoms with van der Waals surface area (Å²) >= 11 is 37.6. The van der Waals surface area contributed by atoms with Crippen LogP contribution < -0.4 is 103 Å². The Balaban J connectivity index is 0.634. The highest BCUT2D eigenvalue weighted by atomic mass is 32.7. The second-order valence-corrected chi connectivity index (χ2v) is 52.3. The smallest absolute Gasteiger partial charge is 0.351 e. The molecule has 0 spiro atoms. The number of H-pyrrole nitrogens is 5. The third-order valence-corrected chi connectivity index (χ3v) is 34.4. The first-order chi connectivity index (χ1) is 66.5. The highest BCUT2D eigenvalue weighted by molar-refractivity contribution is 8.32. The van der Waals surface area contributed by atoms with Gasteiger partial charge in [0.1, 0.15) is 138 Å². The van der Waals surface area contributed by atoms with E-state index in [4.69, 9.17) is 191 Å². The summed E-state index contributed by atoms with van der Waals surface area (Å²) in [6.07, 6.45) is -22.6. The van der Waals surface area contributed by atoms with Crippen molar-refractivity contribution in [3.8, 4) is 0 Å². The van der Waals surface area contributed by atoms with Crippen LogP contribution in [0.3, 0.4) is 0 Å². The number of fused-ring (bicyclic) bond motifs is 1. The van der Waals surface area contributed by atoms with Gasteiger partial charge in [0.15, 0.2) is 18.3 Å². The molecule has 0 amide bonds. The molecule has 0 bridgehead atoms. The fourth-order valence-corrected chi connectivity index (χ4v) is 25.9. The van der Waals surface area contributed by atoms with Crippen LogP contribution in [0.4, 0.5) is 11.6 Å². The summed E-state index contributed by atoms with van der Waals surface area (Å²) in [7, 11) is 1.00. The molecule has 71 heteroatoms. The van der Waals surface area contributed by atoms with E-state index in [1.165, 1.54) is 64.1 Å². The maximum atomic E-state index is 14.9. The zero-order valence-electron chi connectivity index (χ0n) is 74.9. The predicted molar refractivity (Wildman–Crippen MR) is 501 cm³/mol. The Morgan fingerprint density at radius 3 is 0.944 bits per heavy atom. The summed E-state index contributed by atoms with van der Waals surface area (Å²) in [5.74, 6) is -0.161. The lowest BCUT2D eigenvalue weighted by Crippen LogP contribution is -2.35. The fraction of sp³-hybridized carbons (Fsp3) is 0.592. The molecule has 7 aliphatic rings. The molecule has 15 rings (SSSR count). The van der Waals surface area contributed by atoms with Crippen LogP contribution in [-0.2, 0) is 184 Å². The summed E-state index contributed by atoms with van der Waals surface area (Å²) < 4.78 is 146. The number of anilines is 2. The number of nitrogens with zero attached hydrogens (tertiary/aromatic N) is 11. The summed E-state index contributed by atoms with van der Waals surface area (Å²) in [5.41, 5.74) is 3.56. The number of aromatic nitrogens is 16. The Kier molecular flexibility index (Phi) is 34.2. The van der Waals surface area contributed by atoms with E-state index in [1.54, 1.807) is 13.8 Å². The van der Waals surface area contributed by atoms with Gasteiger partial charge in [-0.25, -0.2) is 43.7 Å². The van der Waals surface area contributed by atoms with Gasteiger partial charge in [-0.3, -0.25) is 85.4 Å². The van der Waals surface area contributed by atoms with E-state index in [0.717, 1.165) is 59.4 Å². The van der Waals surface area contributed by atoms with Crippen LogP contribution in [0.2, 0.25) is 0 Å². The monoisotopic (exact) mass is 2260 g/mol. The molecular weight excluding hydrogens is 2170 g/mol. The molecule has 0 aromatic carbocycles. The van der Waals surface area contributed by atoms with Gasteiger partial charge < -0.3 is 150 Å². The fourth-order valence-electron chi connectivity index (χ4n) is 16.1. The van der Waals surface area contributed by atoms with Crippen LogP contribution in [-0.4, -0.2) is 209 Å². The van der Waals surface area contributed by atoms with Gasteiger partial charge in [0, 0.05) is 123 Å². The normalized spacial score (nSPS) is 29.9. The molecular formula is C71H88N18O39P7S7-7. The predicted octanol–water partition coefficient (Wildman–Crippen LogP) is -3.51. The highest BCUT2D eigenvalue weighted by Gasteiger charge is 2.49. The van der Waals surface area contributed by atoms with Crippen molar-refractivity contribution < 1.29 is 130 Å². The molecule has 28 atom stereocenters. The topological polar surface area (TPSA) is 754 Å². The van der Waals surface area contributed by atoms with E-state index in [2.05, 4.69) is 44.9 Å². The number of nitrogens with one attached hydrogen (secondary N) is 5. The molecule has 8 aromatic rings. The van der Waals surface area contributed by atoms with Gasteiger partial charge in [-0.1, -0.05) is 70.8 Å². The Labute approximate surface area is 833 Å². The highest BCUT2D eigenvalue weighted by Crippen LogP contribution is 2.57. The van der Waals surface area contributed by atoms with E-state index in [0.29, 0.717) is 5.56 Å². The second kappa shape index (κ2) is 44.2. The Hall–Kier alpha value is -6.17. The lowest BCUT2D eigenvalue weighted by molar-refractivity contribution is -0.221. The molecule has 780 valence electrons. The molecule has 0 aliphatic carbocycles. The number of hydrogen-bond donors (Lipinski definition) is 7. The van der Waals surface area contributed by atoms with Crippen molar-refractivity contribution in [2.75, 3.05) is 58.2 Å². The van der Waals surface area contributed by atoms with Gasteiger partial charge in [0.05, 0.1) is 94.8 Å². The van der Waals surface area contributed by atoms with Gasteiger partial charge in [-0.2, -0.15) is 4.98 Å². The average Bonchev–Trinajstić information content (AvgIpc) is 1.66. The van der Waals surface area contributed by atoms with Crippen LogP contribution in [0.5, 0.6) is 0 Å². The molecule has 0 saturated carbocycles. The molecule has 7 saturated heterocycles. The summed E-state index contributed by atoms with van der Waals surface area (Å²) in [6.45, 7) is -29.1. The Bertz CT molecular complexity index is 7230. The molecule has 7 fully saturated rings. The summed E-state index contributed by atoms with van der Waals surface area (Å²) in [6, 6.07) is 0. The first-order valence-electron chi connectivity index (χ1n) is 42.4. The van der Waals surface area contributed by atoms with Gasteiger partial charge in [-0.05, 0) is 48.5 Å². The third kappa shape index (κ3) is 26.4. The summed E-state index contributed by atoms with van der Waals surface area (Å²) in [5, 5.41) is 0. The zero-order valence-corrected chi connectivity index (χ0v) is 86.9. The van der Waals surface area contributed by atoms with Crippen molar-refractivity contribution in [3.05, 3.63) is 198 Å². The molecule has 142 heavy (non-hydrogen) atoms. The molecule has 0 radical (unpaired) electrons. The first kappa shape index (κ1) is 110. The quantitative estimate of drug-likeness (QED) is 0.0145. The molecule has 15 heterocycles. The molecule has 8 aromatic heterocycles. The van der Waals surface area contributed by atoms with E-state index >= 15 is 0 Å². The molecule has 7 aliphatic heterocycles. The van der Waals surface area contributed by atoms with E-state index in [-0.39, 0.29) is 76.3 Å². The first-order valence-corrected chi connectivity index (χ1v) is 60.3. The van der Waals surface area contributed by atoms with Crippen LogP contribution in [0, 0.1) is 41.5 Å². The van der Waals surface area contributed by atoms with Gasteiger partial charge in [0.25, 0.3) is 27.8 Å². The Morgan fingerprint density at radius 1 is 0.366 bits per heavy atom. The Morgan fingerprint density at radius 2 is 0.627 bits per heavy atom. The van der Waals surface area contributed by atoms with Crippen molar-refractivity contribution in [2.24, 2.45) is 0 Å². The van der Waals surface area contributed by atoms with Crippen molar-refractivity contribution in [2.45, 2.75) is 222 Å². The van der Waals surface area contributed by atoms with Crippen LogP contribution in [0.15, 0.2) is 103 Å². The van der Waals surface area contributed by atoms with Gasteiger partial charge in [-0.15, -0.1) is 0 Å². The van der Waals surface area contributed by atoms with Crippen molar-refractivity contribution in [1.29, 1.82) is 0 Å². The maximum absolute atomic E-state index is 14.9. The van der Waals surface area contributed by atoms with Crippen LogP contribution in [0.1, 0.15) is 129 Å². The number of ether oxygens (including phenoxy) is 7. The number of imidazole rings is 1. The molecule has 57 nitrogen and oxygen atoms in total. The van der Waals surface area contributed by atoms with Gasteiger partial charge >= 0.3 is 34.1 Å². The number of hydrogen-bond acceptors (Lipinski definition) is 52. The zero-order chi connectivity index (χ0) is 103. The largest absolute Gasteiger partial charge is 0.780 e. The number of nitrogen functional groups attached to an aromatic ring is 2. The minimum atomic E-state index is -5.09. The average molecular weight is 2260 g/mol. The minimum Gasteiger partial charge on any atom is -0.780 e. The number of rotatable bonds is 40. The number of nitrogens with two attached hydrogens (primary N) is 2. The van der Waals surface area contributed by atoms with Gasteiger partial charge in [0.2, 0.25) is 0 Å². The lowest BCUT2D eigenvalue weighted by atomic mass is 10.2. The summed E-state index contributed by atoms with van der Waals surface area (Å²) in [4.78, 5) is 255. The molecule has 9 N–H and O–H groups in total. The van der Waals surface area contributed by atoms with E-state index < -0.39 is 297 Å². The van der Waals surface area contributed by atoms with Crippen LogP contribution in [0.25, 0.3) is 11.2 Å². The van der Waals surface area contributed by atoms with Crippen molar-refractivity contribution >= 4 is 153 Å². The third-order valence-electron chi connectivity index (χ3n) is 23.3. The second-order valence-electron chi connectivity index (χ2n) is 33.3. The number of aryl methyl sites for hydroxylation is 6. The van der Waals surface area contributed by atoms with E-state index in [1.807, 2.05) is 0 Å². The number of aromatic amines is 5. The molecule has 7 unspecified atom stereocenters. The standard InChI is InChI=1S/C71H95N18O39P7S7/c1-30-16-83(66(95)77-58(30)72)51-11-39(45(117-51)23-109-130(102,137)122-37-9-50(115-36(37)7)84-17-31(2)61(90)78-67(84)96)124-134(106,141)114-27-49-43(15-56(121-49)89-29-76-57-59(73)74-28-75-60(57)89)128-135(107,142)113-26-48-42(14-55(120-48)88-21-35(6)65(94)82-71(88)100)127-133(105,140)112-25-47-41(13-54(119-47)87-20-34(5)64(93)81-70(87)99)126-132(104,139)111-24-46-40(12-53(118-46)86-19-33(4)63(92)80-69(86)98)125-131(103,138)110-22-44-38(123-129(101,136)108-8)10-52(116-44)85-18-32(3)62(91)79-68(85)97/h16-21,28-29,36-56H,9-15,22-27H2,1-8H3,(H,101,136)(H,102,137)(H,103,138)(H,104,139)(H,105,140)(H,106,141)(H,107,142)(H2,72,77,95)(H2,73,74,75)(H,78,90,96)(H,79,91,97)(H,80,92,98)(H,81,93,99)(H,82,94,100)/p-7/t36-,37-,38-,39-,40-,41-,42-,43-,44-,45-,46-,47-,48-,49-,50-,51-,52-,53-,54-,55-,56-,129?,130?,131?,132?,133?,134?,135?/m1/s1. The van der Waals surface area contributed by atoms with Crippen molar-refractivity contribution in [3.63, 3.8) is 0 Å². The SMILES string of the molecule is COP([O-])(=S)O[C@@H]1C[C@H](n2cc(C)c(=O)[nH]c2=O)O[C@@H]1COP([O-])(=S)O[C@@H]1C[C@H](n2cc(C)c(=O)[nH]c2=O)O[C@@H]1COP([O-])(=S)O[C@@H]1C[C@H](n2cc(C)c(=O)[nH]c2=O)O[C@@H]1COP([O-])(=S)O[C@@H]1C[C@H](n2cc(C)c(=O)[nH]c2=O)O[C@@H]1COP([O-])(=S)O[C@@H]1C[C@H](n2cnc3c(N)ncnc32)O[C@@H]1COP(=O)([S-])O[C@@H]1C[C@H](n2cc(C)c(N)nc2=O)O[C@@H]1COP([O-])(=S)O[C@@H]1C[C@H](n2cc(C)c(=O)[nH]c2=O)O[C@@H]1C. The maximum Gasteiger partial charge on any atom is 0.351 e.